The van der Waals surface area contributed by atoms with Gasteiger partial charge in [0.1, 0.15) is 23.1 Å². The Hall–Kier alpha value is -3.47. The molecular formula is C17H20N4O4. The van der Waals surface area contributed by atoms with Gasteiger partial charge in [0.05, 0.1) is 19.9 Å². The number of benzene rings is 1. The lowest BCUT2D eigenvalue weighted by molar-refractivity contribution is -0.116. The molecule has 1 aromatic carbocycles. The Labute approximate surface area is 146 Å². The largest absolute Gasteiger partial charge is 0.497 e. The minimum Gasteiger partial charge on any atom is -0.497 e. The lowest BCUT2D eigenvalue weighted by Crippen LogP contribution is -2.36. The number of hydrogen-bond acceptors (Lipinski definition) is 6. The van der Waals surface area contributed by atoms with Gasteiger partial charge in [-0.05, 0) is 19.1 Å². The minimum absolute atomic E-state index is 0.199. The Bertz CT molecular complexity index is 735. The number of imide groups is 1. The average molecular weight is 344 g/mol. The molecule has 0 fully saturated rings. The predicted octanol–water partition coefficient (Wildman–Crippen LogP) is 1.93. The molecule has 0 aliphatic heterocycles. The van der Waals surface area contributed by atoms with Crippen molar-refractivity contribution in [2.75, 3.05) is 26.1 Å². The molecule has 3 amide bonds. The Morgan fingerprint density at radius 1 is 1.32 bits per heavy atom. The first-order chi connectivity index (χ1) is 12.0. The van der Waals surface area contributed by atoms with Crippen molar-refractivity contribution < 1.29 is 19.1 Å². The highest BCUT2D eigenvalue weighted by atomic mass is 16.5. The van der Waals surface area contributed by atoms with Crippen molar-refractivity contribution in [1.82, 2.24) is 10.6 Å². The standard InChI is InChI=1S/C17H20N4O4/c1-5-8-19-11(2)13(10-18)16(22)21-17(23)20-14-9-12(24-3)6-7-15(14)25-4/h5-7,9,19H,1,8H2,2-4H3,(H2,20,21,22,23)/b13-11-. The molecule has 0 radical (unpaired) electrons. The third kappa shape index (κ3) is 5.58. The summed E-state index contributed by atoms with van der Waals surface area (Å²) in [4.78, 5) is 24.1. The molecule has 0 bridgehead atoms. The Balaban J connectivity index is 2.87. The molecule has 0 aliphatic rings. The highest BCUT2D eigenvalue weighted by Crippen LogP contribution is 2.28. The molecule has 0 saturated heterocycles. The van der Waals surface area contributed by atoms with E-state index in [1.54, 1.807) is 37.3 Å². The van der Waals surface area contributed by atoms with E-state index in [1.807, 2.05) is 0 Å². The Morgan fingerprint density at radius 2 is 2.04 bits per heavy atom. The second kappa shape index (κ2) is 9.62. The highest BCUT2D eigenvalue weighted by Gasteiger charge is 2.17. The fourth-order valence-electron chi connectivity index (χ4n) is 1.85. The monoisotopic (exact) mass is 344 g/mol. The molecule has 8 nitrogen and oxygen atoms in total. The van der Waals surface area contributed by atoms with Crippen molar-refractivity contribution in [3.8, 4) is 17.6 Å². The molecule has 0 unspecified atom stereocenters. The lowest BCUT2D eigenvalue weighted by atomic mass is 10.2. The molecule has 1 rings (SSSR count). The molecule has 0 aromatic heterocycles. The van der Waals surface area contributed by atoms with E-state index in [1.165, 1.54) is 14.2 Å². The zero-order valence-electron chi connectivity index (χ0n) is 14.3. The molecule has 8 heteroatoms. The number of methoxy groups -OCH3 is 2. The number of nitrogens with zero attached hydrogens (tertiary/aromatic N) is 1. The number of carbonyl (C=O) groups excluding carboxylic acids is 2. The predicted molar refractivity (Wildman–Crippen MR) is 93.2 cm³/mol. The van der Waals surface area contributed by atoms with Gasteiger partial charge in [-0.15, -0.1) is 6.58 Å². The molecule has 25 heavy (non-hydrogen) atoms. The van der Waals surface area contributed by atoms with Gasteiger partial charge >= 0.3 is 6.03 Å². The first-order valence-corrected chi connectivity index (χ1v) is 7.26. The Kier molecular flexibility index (Phi) is 7.53. The fraction of sp³-hybridized carbons (Fsp3) is 0.235. The third-order valence-corrected chi connectivity index (χ3v) is 3.11. The number of nitrogens with one attached hydrogen (secondary N) is 3. The number of rotatable bonds is 7. The zero-order chi connectivity index (χ0) is 18.8. The summed E-state index contributed by atoms with van der Waals surface area (Å²) in [6, 6.07) is 5.78. The smallest absolute Gasteiger partial charge is 0.326 e. The summed E-state index contributed by atoms with van der Waals surface area (Å²) < 4.78 is 10.2. The van der Waals surface area contributed by atoms with Gasteiger partial charge in [-0.25, -0.2) is 4.79 Å². The first kappa shape index (κ1) is 19.6. The van der Waals surface area contributed by atoms with Gasteiger partial charge in [0.15, 0.2) is 0 Å². The second-order valence-electron chi connectivity index (χ2n) is 4.76. The van der Waals surface area contributed by atoms with E-state index in [9.17, 15) is 9.59 Å². The molecule has 132 valence electrons. The van der Waals surface area contributed by atoms with Crippen LogP contribution in [0.15, 0.2) is 42.1 Å². The summed E-state index contributed by atoms with van der Waals surface area (Å²) in [5, 5.41) is 16.5. The van der Waals surface area contributed by atoms with E-state index in [2.05, 4.69) is 22.5 Å². The summed E-state index contributed by atoms with van der Waals surface area (Å²) in [5.74, 6) is 0.0729. The van der Waals surface area contributed by atoms with Crippen LogP contribution in [0.25, 0.3) is 0 Å². The van der Waals surface area contributed by atoms with Gasteiger partial charge in [0.25, 0.3) is 5.91 Å². The van der Waals surface area contributed by atoms with E-state index < -0.39 is 11.9 Å². The van der Waals surface area contributed by atoms with Crippen molar-refractivity contribution in [1.29, 1.82) is 5.26 Å². The summed E-state index contributed by atoms with van der Waals surface area (Å²) in [6.07, 6.45) is 1.58. The highest BCUT2D eigenvalue weighted by molar-refractivity contribution is 6.10. The summed E-state index contributed by atoms with van der Waals surface area (Å²) >= 11 is 0. The zero-order valence-corrected chi connectivity index (χ0v) is 14.3. The van der Waals surface area contributed by atoms with Gasteiger partial charge in [-0.2, -0.15) is 5.26 Å². The van der Waals surface area contributed by atoms with Gasteiger partial charge in [0.2, 0.25) is 0 Å². The maximum absolute atomic E-state index is 12.1. The normalized spacial score (nSPS) is 10.6. The maximum atomic E-state index is 12.1. The minimum atomic E-state index is -0.823. The molecule has 3 N–H and O–H groups in total. The number of ether oxygens (including phenoxy) is 2. The van der Waals surface area contributed by atoms with Crippen LogP contribution in [0.2, 0.25) is 0 Å². The first-order valence-electron chi connectivity index (χ1n) is 7.26. The van der Waals surface area contributed by atoms with Crippen LogP contribution in [-0.4, -0.2) is 32.7 Å². The van der Waals surface area contributed by atoms with Gasteiger partial charge in [-0.1, -0.05) is 6.08 Å². The van der Waals surface area contributed by atoms with E-state index in [0.29, 0.717) is 29.4 Å². The van der Waals surface area contributed by atoms with Crippen molar-refractivity contribution >= 4 is 17.6 Å². The van der Waals surface area contributed by atoms with Gasteiger partial charge < -0.3 is 20.1 Å². The number of nitriles is 1. The van der Waals surface area contributed by atoms with Gasteiger partial charge in [0, 0.05) is 18.3 Å². The third-order valence-electron chi connectivity index (χ3n) is 3.11. The van der Waals surface area contributed by atoms with Crippen molar-refractivity contribution in [2.24, 2.45) is 0 Å². The van der Waals surface area contributed by atoms with Gasteiger partial charge in [-0.3, -0.25) is 10.1 Å². The molecule has 0 spiro atoms. The van der Waals surface area contributed by atoms with Crippen molar-refractivity contribution in [3.05, 3.63) is 42.1 Å². The molecule has 1 aromatic rings. The molecule has 0 saturated carbocycles. The van der Waals surface area contributed by atoms with Crippen LogP contribution in [-0.2, 0) is 4.79 Å². The quantitative estimate of drug-likeness (QED) is 0.396. The van der Waals surface area contributed by atoms with E-state index in [0.717, 1.165) is 0 Å². The molecule has 0 aliphatic carbocycles. The number of allylic oxidation sites excluding steroid dienone is 1. The number of amides is 3. The Morgan fingerprint density at radius 3 is 2.60 bits per heavy atom. The average Bonchev–Trinajstić information content (AvgIpc) is 2.60. The van der Waals surface area contributed by atoms with Crippen LogP contribution in [0, 0.1) is 11.3 Å². The van der Waals surface area contributed by atoms with Crippen molar-refractivity contribution in [3.63, 3.8) is 0 Å². The van der Waals surface area contributed by atoms with Crippen LogP contribution in [0.4, 0.5) is 10.5 Å². The topological polar surface area (TPSA) is 112 Å². The fourth-order valence-corrected chi connectivity index (χ4v) is 1.85. The summed E-state index contributed by atoms with van der Waals surface area (Å²) in [7, 11) is 2.93. The maximum Gasteiger partial charge on any atom is 0.326 e. The SMILES string of the molecule is C=CCN/C(C)=C(/C#N)C(=O)NC(=O)Nc1cc(OC)ccc1OC. The van der Waals surface area contributed by atoms with E-state index >= 15 is 0 Å². The second-order valence-corrected chi connectivity index (χ2v) is 4.76. The van der Waals surface area contributed by atoms with Crippen LogP contribution in [0.1, 0.15) is 6.92 Å². The molecule has 0 atom stereocenters. The lowest BCUT2D eigenvalue weighted by Gasteiger charge is -2.12. The van der Waals surface area contributed by atoms with Crippen molar-refractivity contribution in [2.45, 2.75) is 6.92 Å². The summed E-state index contributed by atoms with van der Waals surface area (Å²) in [5.41, 5.74) is 0.456. The van der Waals surface area contributed by atoms with Crippen LogP contribution in [0.5, 0.6) is 11.5 Å². The molecule has 0 heterocycles. The van der Waals surface area contributed by atoms with Crippen LogP contribution >= 0.6 is 0 Å². The number of anilines is 1. The number of urea groups is 1. The van der Waals surface area contributed by atoms with Crippen LogP contribution < -0.4 is 25.4 Å². The number of hydrogen-bond donors (Lipinski definition) is 3. The molecular weight excluding hydrogens is 324 g/mol. The van der Waals surface area contributed by atoms with Crippen LogP contribution in [0.3, 0.4) is 0 Å². The van der Waals surface area contributed by atoms with E-state index in [-0.39, 0.29) is 5.57 Å². The number of carbonyl (C=O) groups is 2. The summed E-state index contributed by atoms with van der Waals surface area (Å²) in [6.45, 7) is 5.48. The van der Waals surface area contributed by atoms with E-state index in [4.69, 9.17) is 14.7 Å².